The zero-order chi connectivity index (χ0) is 13.5. The number of aryl methyl sites for hydroxylation is 1. The SMILES string of the molecule is CCCCCn1c(CCNC=O)nc2ccccc21. The molecule has 0 atom stereocenters. The van der Waals surface area contributed by atoms with E-state index in [4.69, 9.17) is 0 Å². The van der Waals surface area contributed by atoms with Gasteiger partial charge in [0.05, 0.1) is 11.0 Å². The van der Waals surface area contributed by atoms with Gasteiger partial charge in [-0.15, -0.1) is 0 Å². The summed E-state index contributed by atoms with van der Waals surface area (Å²) >= 11 is 0. The number of carbonyl (C=O) groups is 1. The Balaban J connectivity index is 2.21. The van der Waals surface area contributed by atoms with Crippen LogP contribution in [0.1, 0.15) is 32.0 Å². The third-order valence-corrected chi connectivity index (χ3v) is 3.30. The van der Waals surface area contributed by atoms with E-state index in [1.54, 1.807) is 0 Å². The number of unbranched alkanes of at least 4 members (excludes halogenated alkanes) is 2. The number of nitrogens with zero attached hydrogens (tertiary/aromatic N) is 2. The first-order chi connectivity index (χ1) is 9.36. The molecule has 102 valence electrons. The van der Waals surface area contributed by atoms with Gasteiger partial charge >= 0.3 is 0 Å². The molecule has 4 nitrogen and oxygen atoms in total. The van der Waals surface area contributed by atoms with Crippen LogP contribution in [0, 0.1) is 0 Å². The van der Waals surface area contributed by atoms with Gasteiger partial charge in [-0.1, -0.05) is 31.9 Å². The van der Waals surface area contributed by atoms with Gasteiger partial charge in [0.1, 0.15) is 5.82 Å². The van der Waals surface area contributed by atoms with Crippen molar-refractivity contribution in [3.05, 3.63) is 30.1 Å². The summed E-state index contributed by atoms with van der Waals surface area (Å²) in [6, 6.07) is 8.22. The van der Waals surface area contributed by atoms with Crippen molar-refractivity contribution in [2.75, 3.05) is 6.54 Å². The summed E-state index contributed by atoms with van der Waals surface area (Å²) in [7, 11) is 0. The molecule has 19 heavy (non-hydrogen) atoms. The molecular weight excluding hydrogens is 238 g/mol. The molecule has 0 radical (unpaired) electrons. The first kappa shape index (κ1) is 13.6. The van der Waals surface area contributed by atoms with Crippen LogP contribution in [0.4, 0.5) is 0 Å². The molecule has 1 heterocycles. The van der Waals surface area contributed by atoms with E-state index in [-0.39, 0.29) is 0 Å². The maximum Gasteiger partial charge on any atom is 0.207 e. The number of imidazole rings is 1. The second-order valence-electron chi connectivity index (χ2n) is 4.70. The van der Waals surface area contributed by atoms with Gasteiger partial charge in [-0.25, -0.2) is 4.98 Å². The molecule has 1 amide bonds. The summed E-state index contributed by atoms with van der Waals surface area (Å²) in [6.45, 7) is 3.85. The second-order valence-corrected chi connectivity index (χ2v) is 4.70. The monoisotopic (exact) mass is 259 g/mol. The van der Waals surface area contributed by atoms with E-state index in [1.807, 2.05) is 18.2 Å². The molecule has 0 unspecified atom stereocenters. The van der Waals surface area contributed by atoms with Crippen LogP contribution in [0.25, 0.3) is 11.0 Å². The zero-order valence-electron chi connectivity index (χ0n) is 11.4. The first-order valence-electron chi connectivity index (χ1n) is 6.98. The summed E-state index contributed by atoms with van der Waals surface area (Å²) in [5.74, 6) is 1.06. The van der Waals surface area contributed by atoms with Crippen LogP contribution in [0.5, 0.6) is 0 Å². The Hall–Kier alpha value is -1.84. The number of aromatic nitrogens is 2. The molecule has 0 aliphatic heterocycles. The lowest BCUT2D eigenvalue weighted by molar-refractivity contribution is -0.109. The molecule has 0 bridgehead atoms. The van der Waals surface area contributed by atoms with Gasteiger partial charge in [-0.2, -0.15) is 0 Å². The number of nitrogens with one attached hydrogen (secondary N) is 1. The van der Waals surface area contributed by atoms with E-state index in [0.717, 1.165) is 30.7 Å². The number of carbonyl (C=O) groups excluding carboxylic acids is 1. The Bertz CT molecular complexity index is 533. The molecule has 4 heteroatoms. The molecule has 0 fully saturated rings. The Kier molecular flexibility index (Phi) is 4.95. The van der Waals surface area contributed by atoms with E-state index in [0.29, 0.717) is 6.54 Å². The molecule has 0 aliphatic rings. The van der Waals surface area contributed by atoms with Crippen molar-refractivity contribution in [1.29, 1.82) is 0 Å². The number of rotatable bonds is 8. The fourth-order valence-electron chi connectivity index (χ4n) is 2.33. The first-order valence-corrected chi connectivity index (χ1v) is 6.98. The number of amides is 1. The quantitative estimate of drug-likeness (QED) is 0.585. The van der Waals surface area contributed by atoms with Crippen LogP contribution in [0.15, 0.2) is 24.3 Å². The van der Waals surface area contributed by atoms with Crippen molar-refractivity contribution in [1.82, 2.24) is 14.9 Å². The average molecular weight is 259 g/mol. The molecule has 0 saturated heterocycles. The Morgan fingerprint density at radius 1 is 1.32 bits per heavy atom. The molecule has 0 aliphatic carbocycles. The lowest BCUT2D eigenvalue weighted by Gasteiger charge is -2.08. The van der Waals surface area contributed by atoms with Gasteiger partial charge in [0.15, 0.2) is 0 Å². The number of para-hydroxylation sites is 2. The van der Waals surface area contributed by atoms with Gasteiger partial charge in [0.25, 0.3) is 0 Å². The van der Waals surface area contributed by atoms with E-state index >= 15 is 0 Å². The van der Waals surface area contributed by atoms with E-state index < -0.39 is 0 Å². The summed E-state index contributed by atoms with van der Waals surface area (Å²) in [6.07, 6.45) is 5.14. The van der Waals surface area contributed by atoms with Gasteiger partial charge < -0.3 is 9.88 Å². The fourth-order valence-corrected chi connectivity index (χ4v) is 2.33. The highest BCUT2D eigenvalue weighted by Crippen LogP contribution is 2.17. The number of hydrogen-bond acceptors (Lipinski definition) is 2. The fraction of sp³-hybridized carbons (Fsp3) is 0.467. The predicted octanol–water partition coefficient (Wildman–Crippen LogP) is 2.52. The van der Waals surface area contributed by atoms with E-state index in [2.05, 4.69) is 27.9 Å². The van der Waals surface area contributed by atoms with Crippen LogP contribution in [0.2, 0.25) is 0 Å². The molecule has 1 aromatic carbocycles. The average Bonchev–Trinajstić information content (AvgIpc) is 2.78. The summed E-state index contributed by atoms with van der Waals surface area (Å²) in [5, 5.41) is 2.70. The highest BCUT2D eigenvalue weighted by atomic mass is 16.1. The van der Waals surface area contributed by atoms with Crippen LogP contribution in [-0.4, -0.2) is 22.5 Å². The van der Waals surface area contributed by atoms with Gasteiger partial charge in [0.2, 0.25) is 6.41 Å². The van der Waals surface area contributed by atoms with Crippen molar-refractivity contribution in [3.8, 4) is 0 Å². The minimum Gasteiger partial charge on any atom is -0.358 e. The minimum absolute atomic E-state index is 0.639. The third-order valence-electron chi connectivity index (χ3n) is 3.30. The third kappa shape index (κ3) is 3.34. The van der Waals surface area contributed by atoms with Crippen LogP contribution in [-0.2, 0) is 17.8 Å². The zero-order valence-corrected chi connectivity index (χ0v) is 11.4. The maximum atomic E-state index is 10.3. The Labute approximate surface area is 113 Å². The van der Waals surface area contributed by atoms with Crippen molar-refractivity contribution < 1.29 is 4.79 Å². The normalized spacial score (nSPS) is 10.8. The molecule has 2 aromatic rings. The molecule has 0 spiro atoms. The lowest BCUT2D eigenvalue weighted by Crippen LogP contribution is -2.17. The molecule has 2 rings (SSSR count). The summed E-state index contributed by atoms with van der Waals surface area (Å²) < 4.78 is 2.29. The smallest absolute Gasteiger partial charge is 0.207 e. The van der Waals surface area contributed by atoms with Gasteiger partial charge in [-0.3, -0.25) is 4.79 Å². The van der Waals surface area contributed by atoms with Gasteiger partial charge in [-0.05, 0) is 18.6 Å². The number of fused-ring (bicyclic) bond motifs is 1. The lowest BCUT2D eigenvalue weighted by atomic mass is 10.2. The standard InChI is InChI=1S/C15H21N3O/c1-2-3-6-11-18-14-8-5-4-7-13(14)17-15(18)9-10-16-12-19/h4-5,7-8,12H,2-3,6,9-11H2,1H3,(H,16,19). The molecule has 1 N–H and O–H groups in total. The maximum absolute atomic E-state index is 10.3. The van der Waals surface area contributed by atoms with E-state index in [9.17, 15) is 4.79 Å². The van der Waals surface area contributed by atoms with Crippen molar-refractivity contribution >= 4 is 17.4 Å². The molecular formula is C15H21N3O. The molecule has 0 saturated carbocycles. The highest BCUT2D eigenvalue weighted by molar-refractivity contribution is 5.75. The number of benzene rings is 1. The summed E-state index contributed by atoms with van der Waals surface area (Å²) in [4.78, 5) is 15.0. The van der Waals surface area contributed by atoms with Gasteiger partial charge in [0, 0.05) is 19.5 Å². The van der Waals surface area contributed by atoms with Crippen LogP contribution >= 0.6 is 0 Å². The highest BCUT2D eigenvalue weighted by Gasteiger charge is 2.09. The van der Waals surface area contributed by atoms with Crippen molar-refractivity contribution in [2.24, 2.45) is 0 Å². The topological polar surface area (TPSA) is 46.9 Å². The minimum atomic E-state index is 0.639. The van der Waals surface area contributed by atoms with E-state index in [1.165, 1.54) is 24.8 Å². The summed E-state index contributed by atoms with van der Waals surface area (Å²) in [5.41, 5.74) is 2.24. The largest absolute Gasteiger partial charge is 0.358 e. The second kappa shape index (κ2) is 6.92. The molecule has 1 aromatic heterocycles. The Morgan fingerprint density at radius 3 is 2.95 bits per heavy atom. The van der Waals surface area contributed by atoms with Crippen LogP contribution < -0.4 is 5.32 Å². The van der Waals surface area contributed by atoms with Crippen LogP contribution in [0.3, 0.4) is 0 Å². The number of hydrogen-bond donors (Lipinski definition) is 1. The Morgan fingerprint density at radius 2 is 2.16 bits per heavy atom. The van der Waals surface area contributed by atoms with Crippen molar-refractivity contribution in [3.63, 3.8) is 0 Å². The predicted molar refractivity (Wildman–Crippen MR) is 77.0 cm³/mol. The van der Waals surface area contributed by atoms with Crippen molar-refractivity contribution in [2.45, 2.75) is 39.2 Å².